The van der Waals surface area contributed by atoms with Crippen molar-refractivity contribution in [1.29, 1.82) is 0 Å². The van der Waals surface area contributed by atoms with Crippen LogP contribution in [0.3, 0.4) is 0 Å². The summed E-state index contributed by atoms with van der Waals surface area (Å²) in [6, 6.07) is 11.4. The molecule has 0 saturated heterocycles. The highest BCUT2D eigenvalue weighted by molar-refractivity contribution is 5.95. The van der Waals surface area contributed by atoms with E-state index < -0.39 is 0 Å². The van der Waals surface area contributed by atoms with E-state index in [9.17, 15) is 4.79 Å². The summed E-state index contributed by atoms with van der Waals surface area (Å²) in [6.45, 7) is 4.70. The van der Waals surface area contributed by atoms with Gasteiger partial charge >= 0.3 is 0 Å². The van der Waals surface area contributed by atoms with Gasteiger partial charge in [-0.3, -0.25) is 4.79 Å². The Bertz CT molecular complexity index is 1010. The van der Waals surface area contributed by atoms with Crippen LogP contribution in [0.2, 0.25) is 0 Å². The molecule has 29 heavy (non-hydrogen) atoms. The SMILES string of the molecule is CCCOc1ccc([C@@H]2CC(=O)Nc3c2c(C)nn3-c2ccc(OC)nn2)cc1. The number of anilines is 1. The summed E-state index contributed by atoms with van der Waals surface area (Å²) in [5.74, 6) is 2.25. The number of nitrogens with zero attached hydrogens (tertiary/aromatic N) is 4. The van der Waals surface area contributed by atoms with Crippen molar-refractivity contribution < 1.29 is 14.3 Å². The van der Waals surface area contributed by atoms with Gasteiger partial charge in [-0.15, -0.1) is 10.2 Å². The summed E-state index contributed by atoms with van der Waals surface area (Å²) in [7, 11) is 1.53. The Morgan fingerprint density at radius 3 is 2.62 bits per heavy atom. The average Bonchev–Trinajstić information content (AvgIpc) is 3.08. The Hall–Kier alpha value is -3.42. The molecule has 3 aromatic rings. The van der Waals surface area contributed by atoms with Gasteiger partial charge in [0, 0.05) is 24.0 Å². The molecule has 0 bridgehead atoms. The molecule has 1 atom stereocenters. The monoisotopic (exact) mass is 393 g/mol. The van der Waals surface area contributed by atoms with Gasteiger partial charge in [-0.05, 0) is 37.1 Å². The maximum absolute atomic E-state index is 12.5. The number of ether oxygens (including phenoxy) is 2. The third kappa shape index (κ3) is 3.65. The average molecular weight is 393 g/mol. The zero-order valence-electron chi connectivity index (χ0n) is 16.7. The van der Waals surface area contributed by atoms with Crippen LogP contribution in [0, 0.1) is 6.92 Å². The van der Waals surface area contributed by atoms with E-state index in [1.807, 2.05) is 31.2 Å². The second-order valence-corrected chi connectivity index (χ2v) is 6.92. The molecule has 1 N–H and O–H groups in total. The van der Waals surface area contributed by atoms with Gasteiger partial charge in [0.1, 0.15) is 11.6 Å². The van der Waals surface area contributed by atoms with Gasteiger partial charge in [-0.2, -0.15) is 9.78 Å². The van der Waals surface area contributed by atoms with Crippen LogP contribution >= 0.6 is 0 Å². The van der Waals surface area contributed by atoms with Crippen LogP contribution in [-0.2, 0) is 4.79 Å². The number of hydrogen-bond donors (Lipinski definition) is 1. The first-order chi connectivity index (χ1) is 14.1. The van der Waals surface area contributed by atoms with Crippen LogP contribution in [0.4, 0.5) is 5.82 Å². The van der Waals surface area contributed by atoms with Crippen molar-refractivity contribution in [3.63, 3.8) is 0 Å². The largest absolute Gasteiger partial charge is 0.494 e. The lowest BCUT2D eigenvalue weighted by Gasteiger charge is -2.24. The summed E-state index contributed by atoms with van der Waals surface area (Å²) < 4.78 is 12.4. The second kappa shape index (κ2) is 7.90. The molecule has 0 aliphatic carbocycles. The lowest BCUT2D eigenvalue weighted by Crippen LogP contribution is -2.25. The Morgan fingerprint density at radius 1 is 1.17 bits per heavy atom. The Balaban J connectivity index is 1.71. The van der Waals surface area contributed by atoms with Crippen LogP contribution in [0.1, 0.15) is 42.5 Å². The van der Waals surface area contributed by atoms with Gasteiger partial charge in [0.25, 0.3) is 0 Å². The fourth-order valence-corrected chi connectivity index (χ4v) is 3.55. The minimum absolute atomic E-state index is 0.0589. The number of amides is 1. The zero-order chi connectivity index (χ0) is 20.4. The fraction of sp³-hybridized carbons (Fsp3) is 0.333. The van der Waals surface area contributed by atoms with Crippen LogP contribution < -0.4 is 14.8 Å². The molecule has 1 aliphatic rings. The van der Waals surface area contributed by atoms with Gasteiger partial charge in [0.2, 0.25) is 11.8 Å². The topological polar surface area (TPSA) is 91.2 Å². The zero-order valence-corrected chi connectivity index (χ0v) is 16.7. The Morgan fingerprint density at radius 2 is 1.97 bits per heavy atom. The number of nitrogens with one attached hydrogen (secondary N) is 1. The van der Waals surface area contributed by atoms with E-state index in [1.165, 1.54) is 7.11 Å². The third-order valence-electron chi connectivity index (χ3n) is 4.91. The van der Waals surface area contributed by atoms with Crippen LogP contribution in [0.25, 0.3) is 5.82 Å². The Labute approximate surface area is 168 Å². The second-order valence-electron chi connectivity index (χ2n) is 6.92. The summed E-state index contributed by atoms with van der Waals surface area (Å²) in [5.41, 5.74) is 2.88. The van der Waals surface area contributed by atoms with Crippen LogP contribution in [0.15, 0.2) is 36.4 Å². The van der Waals surface area contributed by atoms with E-state index in [0.717, 1.165) is 29.0 Å². The molecule has 0 fully saturated rings. The molecule has 3 heterocycles. The van der Waals surface area contributed by atoms with Gasteiger partial charge < -0.3 is 14.8 Å². The highest BCUT2D eigenvalue weighted by Crippen LogP contribution is 2.40. The molecule has 0 radical (unpaired) electrons. The number of aromatic nitrogens is 4. The molecule has 150 valence electrons. The van der Waals surface area contributed by atoms with E-state index in [0.29, 0.717) is 30.5 Å². The van der Waals surface area contributed by atoms with Crippen molar-refractivity contribution in [3.05, 3.63) is 53.2 Å². The van der Waals surface area contributed by atoms with E-state index in [4.69, 9.17) is 9.47 Å². The van der Waals surface area contributed by atoms with Gasteiger partial charge in [-0.25, -0.2) is 0 Å². The highest BCUT2D eigenvalue weighted by atomic mass is 16.5. The van der Waals surface area contributed by atoms with Gasteiger partial charge in [0.15, 0.2) is 5.82 Å². The molecule has 1 amide bonds. The minimum atomic E-state index is -0.0843. The summed E-state index contributed by atoms with van der Waals surface area (Å²) in [6.07, 6.45) is 1.32. The lowest BCUT2D eigenvalue weighted by atomic mass is 9.86. The summed E-state index contributed by atoms with van der Waals surface area (Å²) in [5, 5.41) is 15.7. The van der Waals surface area contributed by atoms with E-state index >= 15 is 0 Å². The number of rotatable bonds is 6. The fourth-order valence-electron chi connectivity index (χ4n) is 3.55. The standard InChI is InChI=1S/C21H23N5O3/c1-4-11-29-15-7-5-14(6-8-15)16-12-18(27)22-21-20(16)13(2)25-26(21)17-9-10-19(28-3)24-23-17/h5-10,16H,4,11-12H2,1-3H3,(H,22,27)/t16-/m0/s1. The van der Waals surface area contributed by atoms with Crippen molar-refractivity contribution in [2.75, 3.05) is 19.0 Å². The van der Waals surface area contributed by atoms with Gasteiger partial charge in [-0.1, -0.05) is 19.1 Å². The minimum Gasteiger partial charge on any atom is -0.494 e. The number of hydrogen-bond acceptors (Lipinski definition) is 6. The molecule has 8 heteroatoms. The van der Waals surface area contributed by atoms with Crippen molar-refractivity contribution in [2.45, 2.75) is 32.6 Å². The molecular weight excluding hydrogens is 370 g/mol. The number of carbonyl (C=O) groups excluding carboxylic acids is 1. The smallest absolute Gasteiger partial charge is 0.233 e. The van der Waals surface area contributed by atoms with Crippen LogP contribution in [0.5, 0.6) is 11.6 Å². The van der Waals surface area contributed by atoms with E-state index in [-0.39, 0.29) is 11.8 Å². The summed E-state index contributed by atoms with van der Waals surface area (Å²) in [4.78, 5) is 12.5. The predicted octanol–water partition coefficient (Wildman–Crippen LogP) is 3.24. The third-order valence-corrected chi connectivity index (χ3v) is 4.91. The molecule has 4 rings (SSSR count). The van der Waals surface area contributed by atoms with Gasteiger partial charge in [0.05, 0.1) is 19.4 Å². The maximum Gasteiger partial charge on any atom is 0.233 e. The van der Waals surface area contributed by atoms with Crippen molar-refractivity contribution in [1.82, 2.24) is 20.0 Å². The van der Waals surface area contributed by atoms with Crippen molar-refractivity contribution in [2.24, 2.45) is 0 Å². The molecule has 0 unspecified atom stereocenters. The predicted molar refractivity (Wildman–Crippen MR) is 108 cm³/mol. The first-order valence-electron chi connectivity index (χ1n) is 9.61. The lowest BCUT2D eigenvalue weighted by molar-refractivity contribution is -0.116. The molecule has 1 aromatic carbocycles. The normalized spacial score (nSPS) is 15.6. The molecule has 0 spiro atoms. The van der Waals surface area contributed by atoms with Crippen molar-refractivity contribution in [3.8, 4) is 17.4 Å². The summed E-state index contributed by atoms with van der Waals surface area (Å²) >= 11 is 0. The maximum atomic E-state index is 12.5. The molecule has 8 nitrogen and oxygen atoms in total. The first-order valence-corrected chi connectivity index (χ1v) is 9.61. The molecular formula is C21H23N5O3. The van der Waals surface area contributed by atoms with E-state index in [1.54, 1.807) is 16.8 Å². The van der Waals surface area contributed by atoms with E-state index in [2.05, 4.69) is 27.5 Å². The highest BCUT2D eigenvalue weighted by Gasteiger charge is 2.33. The molecule has 0 saturated carbocycles. The molecule has 2 aromatic heterocycles. The number of benzene rings is 1. The Kier molecular flexibility index (Phi) is 5.16. The number of carbonyl (C=O) groups is 1. The first kappa shape index (κ1) is 18.9. The number of methoxy groups -OCH3 is 1. The quantitative estimate of drug-likeness (QED) is 0.691. The van der Waals surface area contributed by atoms with Crippen molar-refractivity contribution >= 4 is 11.7 Å². The number of fused-ring (bicyclic) bond motifs is 1. The van der Waals surface area contributed by atoms with Crippen LogP contribution in [-0.4, -0.2) is 39.6 Å². The molecule has 1 aliphatic heterocycles. The number of aryl methyl sites for hydroxylation is 1.